The highest BCUT2D eigenvalue weighted by Crippen LogP contribution is 2.31. The first-order valence-corrected chi connectivity index (χ1v) is 6.32. The number of esters is 1. The van der Waals surface area contributed by atoms with Gasteiger partial charge in [-0.25, -0.2) is 0 Å². The van der Waals surface area contributed by atoms with Crippen molar-refractivity contribution in [2.45, 2.75) is 13.0 Å². The predicted molar refractivity (Wildman–Crippen MR) is 74.7 cm³/mol. The van der Waals surface area contributed by atoms with Crippen molar-refractivity contribution in [3.8, 4) is 5.75 Å². The Balaban J connectivity index is 2.89. The third kappa shape index (κ3) is 4.91. The number of nitro groups is 2. The Morgan fingerprint density at radius 1 is 1.33 bits per heavy atom. The minimum Gasteiger partial charge on any atom is -0.483 e. The van der Waals surface area contributed by atoms with Crippen LogP contribution in [0.3, 0.4) is 0 Å². The molecule has 0 heterocycles. The maximum Gasteiger partial charge on any atom is 0.317 e. The lowest BCUT2D eigenvalue weighted by atomic mass is 10.2. The number of hydrogen-bond donors (Lipinski definition) is 1. The maximum atomic E-state index is 10.9. The fraction of sp³-hybridized carbons (Fsp3) is 0.364. The van der Waals surface area contributed by atoms with Gasteiger partial charge in [0.15, 0.2) is 5.75 Å². The van der Waals surface area contributed by atoms with Crippen LogP contribution in [0.5, 0.6) is 5.75 Å². The highest BCUT2D eigenvalue weighted by Gasteiger charge is 2.22. The first-order chi connectivity index (χ1) is 9.85. The Bertz CT molecular complexity index is 564. The average Bonchev–Trinajstić information content (AvgIpc) is 2.42. The summed E-state index contributed by atoms with van der Waals surface area (Å²) in [6, 6.07) is 3.01. The summed E-state index contributed by atoms with van der Waals surface area (Å²) < 4.78 is 10.1. The standard InChI is InChI=1S/C11H12N2O7S/c1-7(14)20-9(6-21)5-19-11-3-2-8(12(15)16)4-10(11)13(17)18/h2-4,9,21H,5-6H2,1H3. The Kier molecular flexibility index (Phi) is 5.91. The summed E-state index contributed by atoms with van der Waals surface area (Å²) in [4.78, 5) is 30.8. The van der Waals surface area contributed by atoms with Crippen LogP contribution in [-0.2, 0) is 9.53 Å². The lowest BCUT2D eigenvalue weighted by Crippen LogP contribution is -2.25. The van der Waals surface area contributed by atoms with Gasteiger partial charge in [0.2, 0.25) is 0 Å². The molecule has 1 aromatic carbocycles. The van der Waals surface area contributed by atoms with Crippen molar-refractivity contribution in [1.29, 1.82) is 0 Å². The second-order valence-electron chi connectivity index (χ2n) is 3.89. The van der Waals surface area contributed by atoms with Crippen molar-refractivity contribution in [2.75, 3.05) is 12.4 Å². The predicted octanol–water partition coefficient (Wildman–Crippen LogP) is 1.74. The van der Waals surface area contributed by atoms with Crippen molar-refractivity contribution in [1.82, 2.24) is 0 Å². The van der Waals surface area contributed by atoms with E-state index in [0.29, 0.717) is 0 Å². The van der Waals surface area contributed by atoms with Crippen LogP contribution < -0.4 is 4.74 Å². The second kappa shape index (κ2) is 7.43. The Labute approximate surface area is 124 Å². The van der Waals surface area contributed by atoms with E-state index in [1.54, 1.807) is 0 Å². The van der Waals surface area contributed by atoms with Gasteiger partial charge in [0.1, 0.15) is 12.7 Å². The molecule has 114 valence electrons. The molecule has 0 spiro atoms. The van der Waals surface area contributed by atoms with Gasteiger partial charge in [-0.05, 0) is 6.07 Å². The van der Waals surface area contributed by atoms with E-state index in [4.69, 9.17) is 9.47 Å². The largest absolute Gasteiger partial charge is 0.483 e. The van der Waals surface area contributed by atoms with Crippen LogP contribution in [0, 0.1) is 20.2 Å². The molecule has 0 aromatic heterocycles. The topological polar surface area (TPSA) is 122 Å². The van der Waals surface area contributed by atoms with E-state index in [9.17, 15) is 25.0 Å². The number of nitrogens with zero attached hydrogens (tertiary/aromatic N) is 2. The molecule has 1 unspecified atom stereocenters. The average molecular weight is 316 g/mol. The monoisotopic (exact) mass is 316 g/mol. The van der Waals surface area contributed by atoms with Gasteiger partial charge >= 0.3 is 11.7 Å². The van der Waals surface area contributed by atoms with E-state index in [1.807, 2.05) is 0 Å². The van der Waals surface area contributed by atoms with Crippen molar-refractivity contribution in [2.24, 2.45) is 0 Å². The molecule has 0 saturated carbocycles. The molecule has 9 nitrogen and oxygen atoms in total. The lowest BCUT2D eigenvalue weighted by molar-refractivity contribution is -0.394. The first-order valence-electron chi connectivity index (χ1n) is 5.69. The van der Waals surface area contributed by atoms with Gasteiger partial charge in [0.05, 0.1) is 15.9 Å². The molecule has 0 amide bonds. The van der Waals surface area contributed by atoms with E-state index >= 15 is 0 Å². The molecule has 10 heteroatoms. The number of nitro benzene ring substituents is 2. The number of carbonyl (C=O) groups excluding carboxylic acids is 1. The van der Waals surface area contributed by atoms with Gasteiger partial charge in [-0.15, -0.1) is 0 Å². The van der Waals surface area contributed by atoms with Gasteiger partial charge in [0, 0.05) is 18.7 Å². The number of carbonyl (C=O) groups is 1. The van der Waals surface area contributed by atoms with Gasteiger partial charge < -0.3 is 9.47 Å². The normalized spacial score (nSPS) is 11.5. The fourth-order valence-electron chi connectivity index (χ4n) is 1.43. The molecule has 0 aliphatic heterocycles. The molecule has 0 N–H and O–H groups in total. The second-order valence-corrected chi connectivity index (χ2v) is 4.26. The summed E-state index contributed by atoms with van der Waals surface area (Å²) in [5.74, 6) is -0.513. The van der Waals surface area contributed by atoms with Crippen LogP contribution in [0.1, 0.15) is 6.92 Å². The minimum atomic E-state index is -0.788. The van der Waals surface area contributed by atoms with Gasteiger partial charge in [-0.1, -0.05) is 0 Å². The molecular formula is C11H12N2O7S. The molecule has 1 atom stereocenters. The van der Waals surface area contributed by atoms with E-state index in [1.165, 1.54) is 6.92 Å². The van der Waals surface area contributed by atoms with Crippen LogP contribution in [0.15, 0.2) is 18.2 Å². The van der Waals surface area contributed by atoms with Crippen LogP contribution in [0.2, 0.25) is 0 Å². The fourth-order valence-corrected chi connectivity index (χ4v) is 1.61. The Morgan fingerprint density at radius 3 is 2.48 bits per heavy atom. The van der Waals surface area contributed by atoms with Crippen LogP contribution in [-0.4, -0.2) is 34.3 Å². The number of thiol groups is 1. The van der Waals surface area contributed by atoms with E-state index < -0.39 is 33.3 Å². The minimum absolute atomic E-state index is 0.149. The molecule has 1 aromatic rings. The van der Waals surface area contributed by atoms with Crippen LogP contribution in [0.4, 0.5) is 11.4 Å². The van der Waals surface area contributed by atoms with Crippen molar-refractivity contribution < 1.29 is 24.1 Å². The first kappa shape index (κ1) is 16.7. The number of rotatable bonds is 7. The zero-order valence-corrected chi connectivity index (χ0v) is 11.8. The molecule has 0 aliphatic carbocycles. The lowest BCUT2D eigenvalue weighted by Gasteiger charge is -2.15. The van der Waals surface area contributed by atoms with Crippen LogP contribution >= 0.6 is 12.6 Å². The molecule has 0 aliphatic rings. The van der Waals surface area contributed by atoms with Gasteiger partial charge in [0.25, 0.3) is 5.69 Å². The summed E-state index contributed by atoms with van der Waals surface area (Å²) in [7, 11) is 0. The van der Waals surface area contributed by atoms with E-state index in [0.717, 1.165) is 18.2 Å². The summed E-state index contributed by atoms with van der Waals surface area (Å²) in [6.45, 7) is 1.06. The Hall–Kier alpha value is -2.36. The summed E-state index contributed by atoms with van der Waals surface area (Å²) >= 11 is 3.97. The summed E-state index contributed by atoms with van der Waals surface area (Å²) in [6.07, 6.45) is -0.680. The smallest absolute Gasteiger partial charge is 0.317 e. The molecule has 0 saturated heterocycles. The summed E-state index contributed by atoms with van der Waals surface area (Å²) in [5.41, 5.74) is -0.954. The number of benzene rings is 1. The van der Waals surface area contributed by atoms with Crippen molar-refractivity contribution in [3.63, 3.8) is 0 Å². The molecule has 0 fully saturated rings. The molecule has 21 heavy (non-hydrogen) atoms. The van der Waals surface area contributed by atoms with Gasteiger partial charge in [-0.2, -0.15) is 12.6 Å². The van der Waals surface area contributed by atoms with E-state index in [-0.39, 0.29) is 18.1 Å². The number of hydrogen-bond acceptors (Lipinski definition) is 8. The SMILES string of the molecule is CC(=O)OC(CS)COc1ccc([N+](=O)[O-])cc1[N+](=O)[O-]. The highest BCUT2D eigenvalue weighted by molar-refractivity contribution is 7.80. The third-order valence-electron chi connectivity index (χ3n) is 2.31. The van der Waals surface area contributed by atoms with Crippen molar-refractivity contribution in [3.05, 3.63) is 38.4 Å². The molecule has 0 radical (unpaired) electrons. The molecule has 0 bridgehead atoms. The summed E-state index contributed by atoms with van der Waals surface area (Å²) in [5, 5.41) is 21.5. The van der Waals surface area contributed by atoms with Gasteiger partial charge in [-0.3, -0.25) is 25.0 Å². The van der Waals surface area contributed by atoms with Crippen LogP contribution in [0.25, 0.3) is 0 Å². The zero-order valence-electron chi connectivity index (χ0n) is 10.9. The quantitative estimate of drug-likeness (QED) is 0.352. The molecule has 1 rings (SSSR count). The third-order valence-corrected chi connectivity index (χ3v) is 2.72. The zero-order chi connectivity index (χ0) is 16.0. The number of non-ortho nitro benzene ring substituents is 1. The van der Waals surface area contributed by atoms with Crippen molar-refractivity contribution >= 4 is 30.0 Å². The van der Waals surface area contributed by atoms with E-state index in [2.05, 4.69) is 12.6 Å². The Morgan fingerprint density at radius 2 is 2.00 bits per heavy atom. The number of ether oxygens (including phenoxy) is 2. The maximum absolute atomic E-state index is 10.9. The molecular weight excluding hydrogens is 304 g/mol. The highest BCUT2D eigenvalue weighted by atomic mass is 32.1.